The molecule has 0 aromatic carbocycles. The quantitative estimate of drug-likeness (QED) is 0.245. The van der Waals surface area contributed by atoms with E-state index in [1.807, 2.05) is 24.6 Å². The molecule has 0 rings (SSSR count). The van der Waals surface area contributed by atoms with Crippen LogP contribution in [0.3, 0.4) is 0 Å². The molecule has 0 heterocycles. The number of hydrogen-bond donors (Lipinski definition) is 1. The van der Waals surface area contributed by atoms with Crippen molar-refractivity contribution in [3.63, 3.8) is 0 Å². The average Bonchev–Trinajstić information content (AvgIpc) is 2.62. The maximum absolute atomic E-state index is 4.39. The summed E-state index contributed by atoms with van der Waals surface area (Å²) < 4.78 is 0. The van der Waals surface area contributed by atoms with Crippen LogP contribution in [-0.2, 0) is 0 Å². The highest BCUT2D eigenvalue weighted by Crippen LogP contribution is 2.16. The summed E-state index contributed by atoms with van der Waals surface area (Å²) in [6.07, 6.45) is 6.63. The van der Waals surface area contributed by atoms with Gasteiger partial charge in [-0.25, -0.2) is 0 Å². The summed E-state index contributed by atoms with van der Waals surface area (Å²) in [7, 11) is 2.17. The number of hydrogen-bond acceptors (Lipinski definition) is 5. The van der Waals surface area contributed by atoms with Gasteiger partial charge < -0.3 is 10.2 Å². The summed E-state index contributed by atoms with van der Waals surface area (Å²) in [5.74, 6) is 1.04. The van der Waals surface area contributed by atoms with E-state index in [1.165, 1.54) is 0 Å². The van der Waals surface area contributed by atoms with Crippen molar-refractivity contribution < 1.29 is 0 Å². The van der Waals surface area contributed by atoms with Crippen LogP contribution in [0.4, 0.5) is 0 Å². The molecule has 4 nitrogen and oxygen atoms in total. The molecule has 0 unspecified atom stereocenters. The molecule has 0 bridgehead atoms. The van der Waals surface area contributed by atoms with E-state index in [2.05, 4.69) is 74.5 Å². The largest absolute Gasteiger partial charge is 0.382 e. The average molecular weight is 403 g/mol. The minimum Gasteiger partial charge on any atom is -0.382 e. The first kappa shape index (κ1) is 26.1. The van der Waals surface area contributed by atoms with E-state index in [0.717, 1.165) is 41.3 Å². The molecule has 0 fully saturated rings. The Bertz CT molecular complexity index is 621. The van der Waals surface area contributed by atoms with Gasteiger partial charge in [-0.05, 0) is 76.7 Å². The van der Waals surface area contributed by atoms with Crippen molar-refractivity contribution in [1.29, 1.82) is 0 Å². The van der Waals surface area contributed by atoms with Gasteiger partial charge in [-0.3, -0.25) is 9.98 Å². The number of aliphatic imine (C=N–C) groups is 2. The third-order valence-corrected chi connectivity index (χ3v) is 5.04. The van der Waals surface area contributed by atoms with E-state index in [4.69, 9.17) is 0 Å². The summed E-state index contributed by atoms with van der Waals surface area (Å²) in [5, 5.41) is 5.28. The normalized spacial score (nSPS) is 13.1. The predicted molar refractivity (Wildman–Crippen MR) is 131 cm³/mol. The van der Waals surface area contributed by atoms with Crippen LogP contribution >= 0.6 is 11.8 Å². The van der Waals surface area contributed by atoms with Crippen molar-refractivity contribution in [3.05, 3.63) is 59.8 Å². The van der Waals surface area contributed by atoms with E-state index < -0.39 is 0 Å². The lowest BCUT2D eigenvalue weighted by Crippen LogP contribution is -2.38. The molecule has 0 atom stereocenters. The van der Waals surface area contributed by atoms with Crippen molar-refractivity contribution in [1.82, 2.24) is 10.2 Å². The van der Waals surface area contributed by atoms with Gasteiger partial charge in [-0.2, -0.15) is 0 Å². The number of nitrogens with one attached hydrogen (secondary N) is 1. The zero-order valence-electron chi connectivity index (χ0n) is 18.4. The second-order valence-corrected chi connectivity index (χ2v) is 8.56. The Hall–Kier alpha value is -1.85. The van der Waals surface area contributed by atoms with Crippen LogP contribution in [0.5, 0.6) is 0 Å². The fourth-order valence-electron chi connectivity index (χ4n) is 2.02. The maximum atomic E-state index is 4.39. The molecule has 0 aliphatic rings. The Morgan fingerprint density at radius 2 is 1.93 bits per heavy atom. The Labute approximate surface area is 177 Å². The predicted octanol–water partition coefficient (Wildman–Crippen LogP) is 5.24. The van der Waals surface area contributed by atoms with Gasteiger partial charge in [-0.15, -0.1) is 11.8 Å². The van der Waals surface area contributed by atoms with Crippen molar-refractivity contribution in [2.75, 3.05) is 32.4 Å². The topological polar surface area (TPSA) is 40.0 Å². The van der Waals surface area contributed by atoms with Crippen molar-refractivity contribution >= 4 is 24.7 Å². The Morgan fingerprint density at radius 1 is 1.25 bits per heavy atom. The Morgan fingerprint density at radius 3 is 2.50 bits per heavy atom. The van der Waals surface area contributed by atoms with Crippen LogP contribution in [0.25, 0.3) is 0 Å². The first-order chi connectivity index (χ1) is 13.1. The van der Waals surface area contributed by atoms with Gasteiger partial charge in [-0.1, -0.05) is 31.9 Å². The molecular weight excluding hydrogens is 364 g/mol. The number of allylic oxidation sites excluding steroid dienone is 4. The highest BCUT2D eigenvalue weighted by atomic mass is 32.2. The molecule has 0 amide bonds. The smallest absolute Gasteiger partial charge is 0.0910 e. The van der Waals surface area contributed by atoms with Gasteiger partial charge in [0.2, 0.25) is 0 Å². The number of thioether (sulfide) groups is 1. The molecule has 28 heavy (non-hydrogen) atoms. The fraction of sp³-hybridized carbons (Fsp3) is 0.478. The molecule has 1 N–H and O–H groups in total. The summed E-state index contributed by atoms with van der Waals surface area (Å²) in [6, 6.07) is 0. The van der Waals surface area contributed by atoms with Crippen LogP contribution in [0.1, 0.15) is 34.1 Å². The Balaban J connectivity index is 4.23. The molecule has 0 radical (unpaired) electrons. The molecule has 156 valence electrons. The van der Waals surface area contributed by atoms with Gasteiger partial charge in [0, 0.05) is 18.3 Å². The van der Waals surface area contributed by atoms with Crippen molar-refractivity contribution in [2.24, 2.45) is 9.98 Å². The summed E-state index contributed by atoms with van der Waals surface area (Å²) >= 11 is 1.75. The van der Waals surface area contributed by atoms with Crippen molar-refractivity contribution in [3.8, 4) is 0 Å². The highest BCUT2D eigenvalue weighted by Gasteiger charge is 2.15. The second kappa shape index (κ2) is 14.2. The van der Waals surface area contributed by atoms with Gasteiger partial charge in [0.05, 0.1) is 17.9 Å². The number of nitrogens with zero attached hydrogens (tertiary/aromatic N) is 3. The van der Waals surface area contributed by atoms with Gasteiger partial charge in [0.15, 0.2) is 0 Å². The van der Waals surface area contributed by atoms with Crippen LogP contribution in [0, 0.1) is 0 Å². The van der Waals surface area contributed by atoms with Gasteiger partial charge in [0.1, 0.15) is 0 Å². The molecule has 0 aliphatic carbocycles. The molecular formula is C23H38N4S. The first-order valence-electron chi connectivity index (χ1n) is 9.54. The molecule has 0 aromatic heterocycles. The van der Waals surface area contributed by atoms with Crippen LogP contribution in [0.2, 0.25) is 0 Å². The lowest BCUT2D eigenvalue weighted by atomic mass is 10.1. The molecule has 0 saturated carbocycles. The van der Waals surface area contributed by atoms with Gasteiger partial charge >= 0.3 is 0 Å². The van der Waals surface area contributed by atoms with E-state index in [-0.39, 0.29) is 5.54 Å². The maximum Gasteiger partial charge on any atom is 0.0910 e. The van der Waals surface area contributed by atoms with E-state index in [9.17, 15) is 0 Å². The molecule has 0 saturated heterocycles. The monoisotopic (exact) mass is 402 g/mol. The van der Waals surface area contributed by atoms with E-state index in [1.54, 1.807) is 17.8 Å². The fourth-order valence-corrected chi connectivity index (χ4v) is 2.81. The van der Waals surface area contributed by atoms with Crippen molar-refractivity contribution in [2.45, 2.75) is 39.7 Å². The highest BCUT2D eigenvalue weighted by molar-refractivity contribution is 8.02. The minimum absolute atomic E-state index is 0.211. The van der Waals surface area contributed by atoms with E-state index in [0.29, 0.717) is 13.1 Å². The second-order valence-electron chi connectivity index (χ2n) is 7.59. The third kappa shape index (κ3) is 12.5. The zero-order valence-corrected chi connectivity index (χ0v) is 19.2. The Kier molecular flexibility index (Phi) is 13.3. The van der Waals surface area contributed by atoms with Crippen LogP contribution in [0.15, 0.2) is 69.8 Å². The summed E-state index contributed by atoms with van der Waals surface area (Å²) in [5.41, 5.74) is 3.70. The van der Waals surface area contributed by atoms with Crippen LogP contribution in [-0.4, -0.2) is 55.8 Å². The number of rotatable bonds is 14. The molecule has 5 heteroatoms. The zero-order chi connectivity index (χ0) is 21.6. The third-order valence-electron chi connectivity index (χ3n) is 4.12. The van der Waals surface area contributed by atoms with Crippen LogP contribution < -0.4 is 5.32 Å². The first-order valence-corrected chi connectivity index (χ1v) is 10.6. The van der Waals surface area contributed by atoms with E-state index >= 15 is 0 Å². The standard InChI is InChI=1S/C23H38N4S/c1-10-19(2)16-20(3)17-25-12-13-26-21(4)22(24-8)18-28-15-11-14-27(9)23(5,6)7/h10,16-18,26H,1-2,4,8,11-15H2,3,5-7,9H3/b20-16-,22-18-,25-17?. The molecule has 0 spiro atoms. The summed E-state index contributed by atoms with van der Waals surface area (Å²) in [4.78, 5) is 10.8. The lowest BCUT2D eigenvalue weighted by Gasteiger charge is -2.31. The molecule has 0 aromatic rings. The SMILES string of the molecule is C=CC(=C)/C=C(/C)C=NCCNC(=C)/C(=C/SCCCN(C)C(C)(C)C)N=C. The lowest BCUT2D eigenvalue weighted by molar-refractivity contribution is 0.177. The minimum atomic E-state index is 0.211. The summed E-state index contributed by atoms with van der Waals surface area (Å²) in [6.45, 7) is 26.3. The van der Waals surface area contributed by atoms with Gasteiger partial charge in [0.25, 0.3) is 0 Å². The molecule has 0 aliphatic heterocycles.